The molecule has 0 aliphatic heterocycles. The van der Waals surface area contributed by atoms with E-state index in [1.54, 1.807) is 0 Å². The van der Waals surface area contributed by atoms with Crippen LogP contribution in [-0.2, 0) is 6.54 Å². The van der Waals surface area contributed by atoms with Gasteiger partial charge in [0.2, 0.25) is 0 Å². The monoisotopic (exact) mass is 308 g/mol. The van der Waals surface area contributed by atoms with Crippen molar-refractivity contribution in [1.29, 1.82) is 0 Å². The second-order valence-electron chi connectivity index (χ2n) is 6.83. The van der Waals surface area contributed by atoms with Crippen LogP contribution >= 0.6 is 11.6 Å². The molecule has 0 aromatic heterocycles. The summed E-state index contributed by atoms with van der Waals surface area (Å²) >= 11 is 6.44. The van der Waals surface area contributed by atoms with Gasteiger partial charge in [-0.05, 0) is 48.9 Å². The molecule has 0 heterocycles. The molecule has 1 aliphatic rings. The van der Waals surface area contributed by atoms with Gasteiger partial charge in [-0.3, -0.25) is 0 Å². The van der Waals surface area contributed by atoms with Crippen LogP contribution in [0.25, 0.3) is 0 Å². The fourth-order valence-electron chi connectivity index (χ4n) is 3.10. The van der Waals surface area contributed by atoms with Gasteiger partial charge in [-0.2, -0.15) is 0 Å². The Morgan fingerprint density at radius 3 is 2.62 bits per heavy atom. The van der Waals surface area contributed by atoms with Crippen LogP contribution in [0, 0.1) is 11.8 Å². The number of anilines is 1. The lowest BCUT2D eigenvalue weighted by Crippen LogP contribution is -2.24. The Morgan fingerprint density at radius 1 is 1.29 bits per heavy atom. The van der Waals surface area contributed by atoms with Gasteiger partial charge in [0.05, 0.1) is 0 Å². The highest BCUT2D eigenvalue weighted by Gasteiger charge is 2.17. The summed E-state index contributed by atoms with van der Waals surface area (Å²) in [5.74, 6) is 1.53. The Kier molecular flexibility index (Phi) is 6.38. The molecule has 0 atom stereocenters. The van der Waals surface area contributed by atoms with Crippen molar-refractivity contribution in [2.45, 2.75) is 46.1 Å². The van der Waals surface area contributed by atoms with E-state index in [-0.39, 0.29) is 0 Å². The molecular weight excluding hydrogens is 280 g/mol. The van der Waals surface area contributed by atoms with Gasteiger partial charge < -0.3 is 10.2 Å². The lowest BCUT2D eigenvalue weighted by Gasteiger charge is -2.23. The number of nitrogens with zero attached hydrogens (tertiary/aromatic N) is 1. The number of rotatable bonds is 7. The number of nitrogens with one attached hydrogen (secondary N) is 1. The average Bonchev–Trinajstić information content (AvgIpc) is 2.93. The van der Waals surface area contributed by atoms with Gasteiger partial charge >= 0.3 is 0 Å². The number of halogens is 1. The molecule has 0 bridgehead atoms. The molecule has 118 valence electrons. The molecule has 1 aliphatic carbocycles. The van der Waals surface area contributed by atoms with Gasteiger partial charge in [0.1, 0.15) is 0 Å². The molecule has 2 rings (SSSR count). The smallest absolute Gasteiger partial charge is 0.0471 e. The van der Waals surface area contributed by atoms with Gasteiger partial charge in [0.25, 0.3) is 0 Å². The van der Waals surface area contributed by atoms with Crippen LogP contribution in [0.4, 0.5) is 5.69 Å². The highest BCUT2D eigenvalue weighted by atomic mass is 35.5. The first-order valence-electron chi connectivity index (χ1n) is 8.26. The molecule has 2 nitrogen and oxygen atoms in total. The molecule has 0 unspecified atom stereocenters. The minimum absolute atomic E-state index is 0.667. The summed E-state index contributed by atoms with van der Waals surface area (Å²) in [5.41, 5.74) is 2.43. The van der Waals surface area contributed by atoms with Crippen molar-refractivity contribution in [2.75, 3.05) is 25.0 Å². The normalized spacial score (nSPS) is 15.9. The van der Waals surface area contributed by atoms with Crippen molar-refractivity contribution >= 4 is 17.3 Å². The first-order valence-corrected chi connectivity index (χ1v) is 8.64. The molecule has 21 heavy (non-hydrogen) atoms. The van der Waals surface area contributed by atoms with Crippen LogP contribution in [0.3, 0.4) is 0 Å². The minimum Gasteiger partial charge on any atom is -0.374 e. The fraction of sp³-hybridized carbons (Fsp3) is 0.667. The van der Waals surface area contributed by atoms with Crippen LogP contribution in [0.5, 0.6) is 0 Å². The van der Waals surface area contributed by atoms with E-state index in [1.165, 1.54) is 36.9 Å². The van der Waals surface area contributed by atoms with Crippen LogP contribution in [0.15, 0.2) is 18.2 Å². The molecule has 1 aromatic carbocycles. The third-order valence-corrected chi connectivity index (χ3v) is 4.70. The van der Waals surface area contributed by atoms with Gasteiger partial charge in [-0.1, -0.05) is 44.4 Å². The van der Waals surface area contributed by atoms with Crippen molar-refractivity contribution in [1.82, 2.24) is 5.32 Å². The second kappa shape index (κ2) is 8.05. The zero-order valence-electron chi connectivity index (χ0n) is 13.7. The molecule has 0 spiro atoms. The summed E-state index contributed by atoms with van der Waals surface area (Å²) in [7, 11) is 2.18. The summed E-state index contributed by atoms with van der Waals surface area (Å²) < 4.78 is 0. The molecule has 1 N–H and O–H groups in total. The molecule has 3 heteroatoms. The van der Waals surface area contributed by atoms with Crippen molar-refractivity contribution in [2.24, 2.45) is 11.8 Å². The van der Waals surface area contributed by atoms with E-state index in [4.69, 9.17) is 11.6 Å². The summed E-state index contributed by atoms with van der Waals surface area (Å²) in [6, 6.07) is 6.48. The Labute approximate surface area is 134 Å². The van der Waals surface area contributed by atoms with E-state index >= 15 is 0 Å². The zero-order valence-corrected chi connectivity index (χ0v) is 14.4. The molecule has 1 aromatic rings. The lowest BCUT2D eigenvalue weighted by molar-refractivity contribution is 0.546. The standard InChI is InChI=1S/C18H29ClN2/c1-14(2)11-20-12-16-8-9-17(10-18(16)19)21(3)13-15-6-4-5-7-15/h8-10,14-15,20H,4-7,11-13H2,1-3H3. The fourth-order valence-corrected chi connectivity index (χ4v) is 3.34. The van der Waals surface area contributed by atoms with E-state index in [9.17, 15) is 0 Å². The summed E-state index contributed by atoms with van der Waals surface area (Å²) in [5, 5.41) is 4.33. The molecule has 0 radical (unpaired) electrons. The third kappa shape index (κ3) is 5.19. The van der Waals surface area contributed by atoms with Crippen LogP contribution in [0.1, 0.15) is 45.1 Å². The first-order chi connectivity index (χ1) is 10.1. The predicted molar refractivity (Wildman–Crippen MR) is 93.2 cm³/mol. The Bertz CT molecular complexity index is 439. The van der Waals surface area contributed by atoms with Crippen molar-refractivity contribution < 1.29 is 0 Å². The van der Waals surface area contributed by atoms with E-state index in [0.717, 1.165) is 30.6 Å². The Hall–Kier alpha value is -0.730. The largest absolute Gasteiger partial charge is 0.374 e. The van der Waals surface area contributed by atoms with E-state index in [1.807, 2.05) is 0 Å². The van der Waals surface area contributed by atoms with E-state index in [2.05, 4.69) is 49.3 Å². The van der Waals surface area contributed by atoms with Crippen molar-refractivity contribution in [3.63, 3.8) is 0 Å². The maximum atomic E-state index is 6.44. The Morgan fingerprint density at radius 2 is 2.00 bits per heavy atom. The topological polar surface area (TPSA) is 15.3 Å². The predicted octanol–water partition coefficient (Wildman–Crippen LogP) is 4.71. The summed E-state index contributed by atoms with van der Waals surface area (Å²) in [6.07, 6.45) is 5.57. The van der Waals surface area contributed by atoms with Gasteiger partial charge in [-0.15, -0.1) is 0 Å². The molecular formula is C18H29ClN2. The summed E-state index contributed by atoms with van der Waals surface area (Å²) in [6.45, 7) is 7.47. The van der Waals surface area contributed by atoms with Crippen LogP contribution in [0.2, 0.25) is 5.02 Å². The third-order valence-electron chi connectivity index (χ3n) is 4.35. The Balaban J connectivity index is 1.90. The van der Waals surface area contributed by atoms with Crippen molar-refractivity contribution in [3.05, 3.63) is 28.8 Å². The highest BCUT2D eigenvalue weighted by molar-refractivity contribution is 6.31. The number of hydrogen-bond donors (Lipinski definition) is 1. The van der Waals surface area contributed by atoms with E-state index < -0.39 is 0 Å². The van der Waals surface area contributed by atoms with Crippen LogP contribution in [-0.4, -0.2) is 20.1 Å². The number of benzene rings is 1. The first kappa shape index (κ1) is 16.6. The molecule has 0 amide bonds. The minimum atomic E-state index is 0.667. The highest BCUT2D eigenvalue weighted by Crippen LogP contribution is 2.28. The van der Waals surface area contributed by atoms with Gasteiger partial charge in [-0.25, -0.2) is 0 Å². The molecule has 1 saturated carbocycles. The SMILES string of the molecule is CC(C)CNCc1ccc(N(C)CC2CCCC2)cc1Cl. The maximum absolute atomic E-state index is 6.44. The zero-order chi connectivity index (χ0) is 15.2. The van der Waals surface area contributed by atoms with Gasteiger partial charge in [0.15, 0.2) is 0 Å². The lowest BCUT2D eigenvalue weighted by atomic mass is 10.1. The summed E-state index contributed by atoms with van der Waals surface area (Å²) in [4.78, 5) is 2.35. The van der Waals surface area contributed by atoms with Crippen LogP contribution < -0.4 is 10.2 Å². The quantitative estimate of drug-likeness (QED) is 0.784. The molecule has 0 saturated heterocycles. The second-order valence-corrected chi connectivity index (χ2v) is 7.24. The van der Waals surface area contributed by atoms with E-state index in [0.29, 0.717) is 5.92 Å². The maximum Gasteiger partial charge on any atom is 0.0471 e. The average molecular weight is 309 g/mol. The molecule has 1 fully saturated rings. The van der Waals surface area contributed by atoms with Crippen molar-refractivity contribution in [3.8, 4) is 0 Å². The van der Waals surface area contributed by atoms with Gasteiger partial charge in [0, 0.05) is 30.8 Å². The number of hydrogen-bond acceptors (Lipinski definition) is 2.